The van der Waals surface area contributed by atoms with E-state index in [1.165, 1.54) is 9.80 Å². The summed E-state index contributed by atoms with van der Waals surface area (Å²) in [5.41, 5.74) is 6.48. The summed E-state index contributed by atoms with van der Waals surface area (Å²) in [6, 6.07) is 17.2. The first-order valence-electron chi connectivity index (χ1n) is 26.4. The van der Waals surface area contributed by atoms with E-state index in [1.807, 2.05) is 69.6 Å². The number of carbonyl (C=O) groups is 3. The number of phenolic OH excluding ortho intramolecular Hbond substituents is 1. The fourth-order valence-electron chi connectivity index (χ4n) is 10.9. The SMILES string of the molecule is Cc1ncsc1-c1ccc([C@H](C)NC(=O)[C@@H]2C[C@@H](O)CN2C(=O)[C@@H](c2cc(OCCN3CCC(CN4CCN5c6cc(-c7ccccc7O)nnc6N(C(=O)OC(C)C(C)SS(C)(=O)=O)C[C@H]5C4)CC3)no2)C(C)C)cc1. The van der Waals surface area contributed by atoms with Crippen molar-refractivity contribution in [3.63, 3.8) is 0 Å². The molecule has 2 unspecified atom stereocenters. The smallest absolute Gasteiger partial charge is 0.415 e. The minimum absolute atomic E-state index is 0.0332. The highest BCUT2D eigenvalue weighted by atomic mass is 33.1. The van der Waals surface area contributed by atoms with E-state index >= 15 is 0 Å². The third kappa shape index (κ3) is 13.2. The molecule has 4 aliphatic rings. The van der Waals surface area contributed by atoms with Gasteiger partial charge in [0.05, 0.1) is 57.4 Å². The summed E-state index contributed by atoms with van der Waals surface area (Å²) in [6.07, 6.45) is 1.10. The van der Waals surface area contributed by atoms with Gasteiger partial charge in [-0.25, -0.2) is 18.2 Å². The van der Waals surface area contributed by atoms with Crippen LogP contribution in [0, 0.1) is 18.8 Å². The lowest BCUT2D eigenvalue weighted by Crippen LogP contribution is -2.61. The number of piperazine rings is 1. The number of aryl methyl sites for hydroxylation is 1. The number of anilines is 2. The molecule has 414 valence electrons. The van der Waals surface area contributed by atoms with E-state index in [0.717, 1.165) is 77.8 Å². The van der Waals surface area contributed by atoms with Gasteiger partial charge in [-0.2, -0.15) is 0 Å². The number of nitrogens with one attached hydrogen (secondary N) is 1. The number of β-amino-alcohol motifs (C(OH)–C–C–N with tert-alkyl or cyclic N) is 1. The molecule has 3 amide bonds. The van der Waals surface area contributed by atoms with Crippen LogP contribution in [0.1, 0.15) is 82.9 Å². The maximum atomic E-state index is 14.3. The summed E-state index contributed by atoms with van der Waals surface area (Å²) >= 11 is 1.58. The van der Waals surface area contributed by atoms with Gasteiger partial charge in [-0.05, 0) is 111 Å². The Balaban J connectivity index is 0.758. The van der Waals surface area contributed by atoms with Crippen LogP contribution in [0.5, 0.6) is 11.6 Å². The van der Waals surface area contributed by atoms with Crippen molar-refractivity contribution in [3.8, 4) is 33.3 Å². The molecule has 3 saturated heterocycles. The topological polar surface area (TPSA) is 237 Å². The number of hydrogen-bond donors (Lipinski definition) is 3. The molecule has 2 aromatic carbocycles. The van der Waals surface area contributed by atoms with E-state index in [4.69, 9.17) is 14.0 Å². The molecule has 20 nitrogen and oxygen atoms in total. The average molecular weight is 1120 g/mol. The normalized spacial score (nSPS) is 21.1. The lowest BCUT2D eigenvalue weighted by molar-refractivity contribution is -0.141. The van der Waals surface area contributed by atoms with E-state index in [1.54, 1.807) is 49.4 Å². The Morgan fingerprint density at radius 2 is 1.70 bits per heavy atom. The first kappa shape index (κ1) is 55.9. The number of aliphatic hydroxyl groups excluding tert-OH is 1. The van der Waals surface area contributed by atoms with Crippen molar-refractivity contribution in [2.45, 2.75) is 102 Å². The zero-order valence-corrected chi connectivity index (χ0v) is 47.1. The van der Waals surface area contributed by atoms with Crippen LogP contribution >= 0.6 is 22.1 Å². The Hall–Kier alpha value is -5.85. The van der Waals surface area contributed by atoms with Crippen LogP contribution in [0.4, 0.5) is 16.3 Å². The molecule has 5 aromatic rings. The molecule has 0 aliphatic carbocycles. The highest BCUT2D eigenvalue weighted by Crippen LogP contribution is 2.40. The highest BCUT2D eigenvalue weighted by Gasteiger charge is 2.44. The number of ether oxygens (including phenoxy) is 2. The van der Waals surface area contributed by atoms with Crippen molar-refractivity contribution in [1.82, 2.24) is 40.4 Å². The molecule has 0 radical (unpaired) electrons. The van der Waals surface area contributed by atoms with Gasteiger partial charge in [0, 0.05) is 63.6 Å². The number of phenols is 1. The Kier molecular flexibility index (Phi) is 17.4. The molecule has 0 bridgehead atoms. The van der Waals surface area contributed by atoms with Gasteiger partial charge in [0.25, 0.3) is 5.88 Å². The molecule has 0 spiro atoms. The van der Waals surface area contributed by atoms with Gasteiger partial charge in [-0.3, -0.25) is 24.3 Å². The second-order valence-corrected chi connectivity index (χ2v) is 26.8. The largest absolute Gasteiger partial charge is 0.507 e. The molecule has 7 atom stereocenters. The number of likely N-dealkylation sites (tertiary alicyclic amines) is 2. The molecule has 3 aromatic heterocycles. The molecule has 77 heavy (non-hydrogen) atoms. The molecule has 0 saturated carbocycles. The quantitative estimate of drug-likeness (QED) is 0.0788. The van der Waals surface area contributed by atoms with Crippen molar-refractivity contribution in [1.29, 1.82) is 0 Å². The molecule has 23 heteroatoms. The van der Waals surface area contributed by atoms with Gasteiger partial charge in [-0.15, -0.1) is 21.5 Å². The minimum atomic E-state index is -3.37. The number of piperidine rings is 1. The molecule has 3 fully saturated rings. The first-order chi connectivity index (χ1) is 36.8. The summed E-state index contributed by atoms with van der Waals surface area (Å²) in [5, 5.41) is 37.1. The van der Waals surface area contributed by atoms with Crippen LogP contribution in [0.3, 0.4) is 0 Å². The van der Waals surface area contributed by atoms with Crippen molar-refractivity contribution >= 4 is 60.4 Å². The Morgan fingerprint density at radius 1 is 0.948 bits per heavy atom. The number of amides is 3. The monoisotopic (exact) mass is 1110 g/mol. The van der Waals surface area contributed by atoms with Crippen LogP contribution in [-0.4, -0.2) is 173 Å². The zero-order chi connectivity index (χ0) is 54.7. The number of hydrogen-bond acceptors (Lipinski definition) is 19. The van der Waals surface area contributed by atoms with Crippen LogP contribution in [0.15, 0.2) is 70.7 Å². The van der Waals surface area contributed by atoms with Crippen LogP contribution in [0.2, 0.25) is 0 Å². The second kappa shape index (κ2) is 24.0. The second-order valence-electron chi connectivity index (χ2n) is 21.2. The fourth-order valence-corrected chi connectivity index (χ4v) is 14.6. The van der Waals surface area contributed by atoms with E-state index in [2.05, 4.69) is 40.4 Å². The van der Waals surface area contributed by atoms with E-state index in [0.29, 0.717) is 67.2 Å². The van der Waals surface area contributed by atoms with Crippen molar-refractivity contribution in [3.05, 3.63) is 83.2 Å². The first-order valence-corrected chi connectivity index (χ1v) is 30.6. The molecule has 9 rings (SSSR count). The van der Waals surface area contributed by atoms with Crippen molar-refractivity contribution in [2.24, 2.45) is 11.8 Å². The zero-order valence-electron chi connectivity index (χ0n) is 44.6. The fraction of sp³-hybridized carbons (Fsp3) is 0.537. The van der Waals surface area contributed by atoms with Gasteiger partial charge in [0.15, 0.2) is 20.4 Å². The van der Waals surface area contributed by atoms with Gasteiger partial charge >= 0.3 is 6.09 Å². The predicted octanol–water partition coefficient (Wildman–Crippen LogP) is 6.56. The van der Waals surface area contributed by atoms with Gasteiger partial charge in [0.1, 0.15) is 30.4 Å². The summed E-state index contributed by atoms with van der Waals surface area (Å²) < 4.78 is 41.7. The average Bonchev–Trinajstić information content (AvgIpc) is 4.20. The summed E-state index contributed by atoms with van der Waals surface area (Å²) in [4.78, 5) is 57.5. The lowest BCUT2D eigenvalue weighted by Gasteiger charge is -2.48. The standard InChI is InChI=1S/C54H70N10O10S3/c1-32(2)49(53(68)63-30-41(65)24-45(63)52(67)56-33(3)38-12-14-39(15-13-38)50-34(4)55-31-75-50)47-26-48(59-74-47)72-23-22-60-18-16-37(17-19-60)27-61-20-21-62-40(28-61)29-64(54(69)73-35(5)36(6)76-77(7,70)71)51-44(62)25-43(57-58-51)42-10-8-9-11-46(42)66/h8-15,25-26,31-33,35-37,40-41,45,49,65-66H,16-24,27-30H2,1-7H3,(H,56,67)/t33-,35?,36?,40+,41+,45-,49+/m0/s1. The number of nitrogens with zero attached hydrogens (tertiary/aromatic N) is 9. The maximum absolute atomic E-state index is 14.3. The van der Waals surface area contributed by atoms with Crippen molar-refractivity contribution in [2.75, 3.05) is 81.6 Å². The third-order valence-electron chi connectivity index (χ3n) is 15.2. The summed E-state index contributed by atoms with van der Waals surface area (Å²) in [7, 11) is -2.62. The van der Waals surface area contributed by atoms with E-state index in [-0.39, 0.29) is 54.4 Å². The van der Waals surface area contributed by atoms with E-state index < -0.39 is 44.4 Å². The lowest BCUT2D eigenvalue weighted by atomic mass is 9.91. The number of aliphatic hydroxyl groups is 1. The number of thiazole rings is 1. The number of fused-ring (bicyclic) bond motifs is 3. The number of rotatable bonds is 18. The Morgan fingerprint density at radius 3 is 2.40 bits per heavy atom. The molecule has 3 N–H and O–H groups in total. The predicted molar refractivity (Wildman–Crippen MR) is 296 cm³/mol. The van der Waals surface area contributed by atoms with Gasteiger partial charge in [-0.1, -0.05) is 50.2 Å². The molecular formula is C54H70N10O10S3. The molecular weight excluding hydrogens is 1040 g/mol. The summed E-state index contributed by atoms with van der Waals surface area (Å²) in [6.45, 7) is 17.4. The summed E-state index contributed by atoms with van der Waals surface area (Å²) in [5.74, 6) is -0.0834. The van der Waals surface area contributed by atoms with Crippen LogP contribution in [0.25, 0.3) is 21.7 Å². The number of benzene rings is 2. The minimum Gasteiger partial charge on any atom is -0.507 e. The molecule has 4 aliphatic heterocycles. The third-order valence-corrected chi connectivity index (χ3v) is 19.2. The maximum Gasteiger partial charge on any atom is 0.415 e. The number of para-hydroxylation sites is 1. The van der Waals surface area contributed by atoms with Crippen LogP contribution < -0.4 is 19.9 Å². The number of aromatic nitrogens is 4. The Labute approximate surface area is 457 Å². The van der Waals surface area contributed by atoms with Crippen LogP contribution in [-0.2, 0) is 23.2 Å². The number of aromatic hydroxyl groups is 1. The van der Waals surface area contributed by atoms with Gasteiger partial charge < -0.3 is 39.3 Å². The Bertz CT molecular complexity index is 2990. The highest BCUT2D eigenvalue weighted by molar-refractivity contribution is 8.72. The van der Waals surface area contributed by atoms with Gasteiger partial charge in [0.2, 0.25) is 11.8 Å². The van der Waals surface area contributed by atoms with Crippen molar-refractivity contribution < 1.29 is 47.0 Å². The number of carbonyl (C=O) groups excluding carboxylic acids is 3. The molecule has 7 heterocycles. The van der Waals surface area contributed by atoms with E-state index in [9.17, 15) is 33.0 Å².